The van der Waals surface area contributed by atoms with Crippen molar-refractivity contribution in [3.8, 4) is 0 Å². The van der Waals surface area contributed by atoms with E-state index in [0.29, 0.717) is 6.04 Å². The van der Waals surface area contributed by atoms with E-state index in [-0.39, 0.29) is 0 Å². The summed E-state index contributed by atoms with van der Waals surface area (Å²) in [4.78, 5) is 4.49. The summed E-state index contributed by atoms with van der Waals surface area (Å²) >= 11 is 1.76. The van der Waals surface area contributed by atoms with Gasteiger partial charge >= 0.3 is 0 Å². The lowest BCUT2D eigenvalue weighted by Gasteiger charge is -2.11. The lowest BCUT2D eigenvalue weighted by molar-refractivity contribution is 0.483. The second kappa shape index (κ2) is 3.56. The molecule has 0 aromatic carbocycles. The quantitative estimate of drug-likeness (QED) is 0.852. The first-order chi connectivity index (χ1) is 7.25. The summed E-state index contributed by atoms with van der Waals surface area (Å²) in [6.45, 7) is 2.05. The third-order valence-electron chi connectivity index (χ3n) is 4.04. The van der Waals surface area contributed by atoms with E-state index in [1.807, 2.05) is 0 Å². The van der Waals surface area contributed by atoms with Crippen LogP contribution in [0.2, 0.25) is 0 Å². The fraction of sp³-hybridized carbons (Fsp3) is 0.750. The summed E-state index contributed by atoms with van der Waals surface area (Å²) in [6.07, 6.45) is 5.30. The zero-order valence-electron chi connectivity index (χ0n) is 9.15. The second-order valence-corrected chi connectivity index (χ2v) is 6.03. The van der Waals surface area contributed by atoms with E-state index in [1.165, 1.54) is 24.3 Å². The van der Waals surface area contributed by atoms with Crippen LogP contribution in [0.5, 0.6) is 0 Å². The lowest BCUT2D eigenvalue weighted by Crippen LogP contribution is -2.27. The van der Waals surface area contributed by atoms with Gasteiger partial charge in [0.2, 0.25) is 0 Å². The van der Waals surface area contributed by atoms with E-state index in [2.05, 4.69) is 17.3 Å². The van der Waals surface area contributed by atoms with Gasteiger partial charge in [0.25, 0.3) is 0 Å². The molecule has 2 aliphatic rings. The number of hydrogen-bond acceptors (Lipinski definition) is 3. The summed E-state index contributed by atoms with van der Waals surface area (Å²) in [5, 5.41) is 3.35. The molecule has 1 aromatic rings. The highest BCUT2D eigenvalue weighted by molar-refractivity contribution is 7.09. The smallest absolute Gasteiger partial charge is 0.0943 e. The number of thiazole rings is 1. The highest BCUT2D eigenvalue weighted by Crippen LogP contribution is 2.58. The van der Waals surface area contributed by atoms with Crippen molar-refractivity contribution >= 4 is 11.3 Å². The summed E-state index contributed by atoms with van der Waals surface area (Å²) < 4.78 is 0. The Labute approximate surface area is 94.9 Å². The molecule has 0 bridgehead atoms. The van der Waals surface area contributed by atoms with E-state index in [1.54, 1.807) is 11.3 Å². The molecule has 15 heavy (non-hydrogen) atoms. The van der Waals surface area contributed by atoms with Gasteiger partial charge in [0.15, 0.2) is 0 Å². The van der Waals surface area contributed by atoms with Gasteiger partial charge in [0.05, 0.1) is 5.01 Å². The fourth-order valence-electron chi connectivity index (χ4n) is 3.35. The zero-order valence-corrected chi connectivity index (χ0v) is 9.96. The first-order valence-electron chi connectivity index (χ1n) is 5.92. The molecule has 2 fully saturated rings. The van der Waals surface area contributed by atoms with Crippen LogP contribution in [-0.2, 0) is 6.42 Å². The van der Waals surface area contributed by atoms with Crippen molar-refractivity contribution in [1.82, 2.24) is 4.98 Å². The number of rotatable bonds is 3. The molecule has 0 spiro atoms. The van der Waals surface area contributed by atoms with Gasteiger partial charge in [0, 0.05) is 23.5 Å². The number of nitrogens with two attached hydrogens (primary N) is 1. The third-order valence-corrected chi connectivity index (χ3v) is 5.03. The predicted octanol–water partition coefficient (Wildman–Crippen LogP) is 2.37. The van der Waals surface area contributed by atoms with Crippen LogP contribution in [0.4, 0.5) is 0 Å². The first-order valence-corrected chi connectivity index (χ1v) is 6.80. The van der Waals surface area contributed by atoms with Crippen molar-refractivity contribution in [1.29, 1.82) is 0 Å². The van der Waals surface area contributed by atoms with Crippen molar-refractivity contribution in [2.45, 2.75) is 38.6 Å². The maximum atomic E-state index is 6.28. The SMILES string of the molecule is Cc1csc(CC(N)C2C3CCCC32)n1. The van der Waals surface area contributed by atoms with Crippen LogP contribution < -0.4 is 5.73 Å². The van der Waals surface area contributed by atoms with Gasteiger partial charge in [-0.05, 0) is 37.5 Å². The Balaban J connectivity index is 1.60. The van der Waals surface area contributed by atoms with Crippen molar-refractivity contribution < 1.29 is 0 Å². The van der Waals surface area contributed by atoms with Gasteiger partial charge in [-0.1, -0.05) is 6.42 Å². The summed E-state index contributed by atoms with van der Waals surface area (Å²) in [5.41, 5.74) is 7.41. The highest BCUT2D eigenvalue weighted by atomic mass is 32.1. The highest BCUT2D eigenvalue weighted by Gasteiger charge is 2.54. The molecule has 1 heterocycles. The average molecular weight is 222 g/mol. The Bertz CT molecular complexity index is 350. The Kier molecular flexibility index (Phi) is 2.33. The molecule has 0 aliphatic heterocycles. The summed E-state index contributed by atoms with van der Waals surface area (Å²) in [6, 6.07) is 0.367. The molecule has 2 nitrogen and oxygen atoms in total. The number of fused-ring (bicyclic) bond motifs is 1. The van der Waals surface area contributed by atoms with E-state index in [9.17, 15) is 0 Å². The second-order valence-electron chi connectivity index (χ2n) is 5.09. The van der Waals surface area contributed by atoms with E-state index < -0.39 is 0 Å². The van der Waals surface area contributed by atoms with Crippen LogP contribution >= 0.6 is 11.3 Å². The van der Waals surface area contributed by atoms with Crippen molar-refractivity contribution in [3.05, 3.63) is 16.1 Å². The number of hydrogen-bond donors (Lipinski definition) is 1. The molecule has 0 radical (unpaired) electrons. The molecular formula is C12H18N2S. The molecule has 3 atom stereocenters. The van der Waals surface area contributed by atoms with Gasteiger partial charge in [-0.25, -0.2) is 4.98 Å². The first kappa shape index (κ1) is 9.79. The van der Waals surface area contributed by atoms with Gasteiger partial charge < -0.3 is 5.73 Å². The minimum Gasteiger partial charge on any atom is -0.327 e. The summed E-state index contributed by atoms with van der Waals surface area (Å²) in [7, 11) is 0. The average Bonchev–Trinajstić information content (AvgIpc) is 2.60. The monoisotopic (exact) mass is 222 g/mol. The molecule has 3 heteroatoms. The van der Waals surface area contributed by atoms with Crippen LogP contribution in [0.15, 0.2) is 5.38 Å². The Morgan fingerprint density at radius 2 is 2.27 bits per heavy atom. The van der Waals surface area contributed by atoms with Crippen LogP contribution in [0, 0.1) is 24.7 Å². The standard InChI is InChI=1S/C12H18N2S/c1-7-6-15-11(14-7)5-10(13)12-8-3-2-4-9(8)12/h6,8-10,12H,2-5,13H2,1H3. The van der Waals surface area contributed by atoms with Crippen LogP contribution in [-0.4, -0.2) is 11.0 Å². The van der Waals surface area contributed by atoms with Crippen LogP contribution in [0.3, 0.4) is 0 Å². The molecule has 2 N–H and O–H groups in total. The van der Waals surface area contributed by atoms with Crippen molar-refractivity contribution in [3.63, 3.8) is 0 Å². The Morgan fingerprint density at radius 3 is 2.87 bits per heavy atom. The maximum absolute atomic E-state index is 6.28. The van der Waals surface area contributed by atoms with Gasteiger partial charge in [-0.15, -0.1) is 11.3 Å². The van der Waals surface area contributed by atoms with E-state index in [4.69, 9.17) is 5.73 Å². The van der Waals surface area contributed by atoms with Gasteiger partial charge in [-0.3, -0.25) is 0 Å². The maximum Gasteiger partial charge on any atom is 0.0943 e. The Morgan fingerprint density at radius 1 is 1.53 bits per heavy atom. The van der Waals surface area contributed by atoms with E-state index >= 15 is 0 Å². The fourth-order valence-corrected chi connectivity index (χ4v) is 4.19. The van der Waals surface area contributed by atoms with Crippen molar-refractivity contribution in [2.75, 3.05) is 0 Å². The number of aromatic nitrogens is 1. The Hall–Kier alpha value is -0.410. The zero-order chi connectivity index (χ0) is 10.4. The molecule has 0 amide bonds. The summed E-state index contributed by atoms with van der Waals surface area (Å²) in [5.74, 6) is 2.77. The minimum atomic E-state index is 0.367. The molecule has 2 saturated carbocycles. The van der Waals surface area contributed by atoms with E-state index in [0.717, 1.165) is 29.9 Å². The van der Waals surface area contributed by atoms with Gasteiger partial charge in [-0.2, -0.15) is 0 Å². The molecule has 2 aliphatic carbocycles. The third kappa shape index (κ3) is 1.72. The lowest BCUT2D eigenvalue weighted by atomic mass is 10.0. The molecular weight excluding hydrogens is 204 g/mol. The van der Waals surface area contributed by atoms with Crippen LogP contribution in [0.1, 0.15) is 30.0 Å². The molecule has 3 rings (SSSR count). The molecule has 1 aromatic heterocycles. The van der Waals surface area contributed by atoms with Crippen molar-refractivity contribution in [2.24, 2.45) is 23.5 Å². The number of aryl methyl sites for hydroxylation is 1. The van der Waals surface area contributed by atoms with Crippen LogP contribution in [0.25, 0.3) is 0 Å². The minimum absolute atomic E-state index is 0.367. The topological polar surface area (TPSA) is 38.9 Å². The molecule has 3 unspecified atom stereocenters. The largest absolute Gasteiger partial charge is 0.327 e. The molecule has 0 saturated heterocycles. The van der Waals surface area contributed by atoms with Gasteiger partial charge in [0.1, 0.15) is 0 Å². The predicted molar refractivity (Wildman–Crippen MR) is 62.9 cm³/mol. The number of nitrogens with zero attached hydrogens (tertiary/aromatic N) is 1. The molecule has 82 valence electrons. The normalized spacial score (nSPS) is 35.2.